The predicted octanol–water partition coefficient (Wildman–Crippen LogP) is 2.69. The first-order valence-electron chi connectivity index (χ1n) is 7.06. The summed E-state index contributed by atoms with van der Waals surface area (Å²) in [7, 11) is 1.62. The molecule has 6 nitrogen and oxygen atoms in total. The second-order valence-corrected chi connectivity index (χ2v) is 7.07. The second-order valence-electron chi connectivity index (χ2n) is 5.29. The number of nitrogens with zero attached hydrogens (tertiary/aromatic N) is 3. The molecule has 0 saturated carbocycles. The Morgan fingerprint density at radius 1 is 1.59 bits per heavy atom. The number of hydrogen-bond acceptors (Lipinski definition) is 7. The summed E-state index contributed by atoms with van der Waals surface area (Å²) in [4.78, 5) is 18.8. The lowest BCUT2D eigenvalue weighted by Gasteiger charge is -2.31. The van der Waals surface area contributed by atoms with Gasteiger partial charge < -0.3 is 9.84 Å². The number of aromatic nitrogens is 2. The van der Waals surface area contributed by atoms with Crippen molar-refractivity contribution in [2.24, 2.45) is 0 Å². The normalized spacial score (nSPS) is 19.2. The molecule has 1 N–H and O–H groups in total. The van der Waals surface area contributed by atoms with Gasteiger partial charge in [-0.15, -0.1) is 11.3 Å². The van der Waals surface area contributed by atoms with Crippen LogP contribution in [0.4, 0.5) is 0 Å². The molecule has 22 heavy (non-hydrogen) atoms. The number of carboxylic acids is 1. The Morgan fingerprint density at radius 2 is 2.45 bits per heavy atom. The van der Waals surface area contributed by atoms with Crippen LogP contribution in [0.3, 0.4) is 0 Å². The maximum atomic E-state index is 10.9. The van der Waals surface area contributed by atoms with E-state index < -0.39 is 5.97 Å². The van der Waals surface area contributed by atoms with Crippen molar-refractivity contribution in [1.29, 1.82) is 0 Å². The number of carbonyl (C=O) groups is 1. The Hall–Kier alpha value is -1.51. The number of methoxy groups -OCH3 is 1. The fourth-order valence-electron chi connectivity index (χ4n) is 2.66. The van der Waals surface area contributed by atoms with Gasteiger partial charge >= 0.3 is 5.97 Å². The van der Waals surface area contributed by atoms with Gasteiger partial charge in [-0.3, -0.25) is 4.90 Å². The number of aromatic carboxylic acids is 1. The first-order chi connectivity index (χ1) is 10.7. The average molecular weight is 339 g/mol. The molecule has 0 aromatic carbocycles. The summed E-state index contributed by atoms with van der Waals surface area (Å²) in [5.41, 5.74) is 0.157. The van der Waals surface area contributed by atoms with E-state index in [4.69, 9.17) is 9.84 Å². The van der Waals surface area contributed by atoms with Crippen molar-refractivity contribution in [3.8, 4) is 5.88 Å². The van der Waals surface area contributed by atoms with Crippen molar-refractivity contribution in [3.63, 3.8) is 0 Å². The van der Waals surface area contributed by atoms with Crippen LogP contribution in [0.1, 0.15) is 39.1 Å². The lowest BCUT2D eigenvalue weighted by molar-refractivity contribution is 0.0691. The van der Waals surface area contributed by atoms with Gasteiger partial charge in [0.05, 0.1) is 12.1 Å². The number of hydrogen-bond donors (Lipinski definition) is 1. The molecule has 0 amide bonds. The summed E-state index contributed by atoms with van der Waals surface area (Å²) in [6.45, 7) is 2.81. The highest BCUT2D eigenvalue weighted by Crippen LogP contribution is 2.30. The molecule has 1 aliphatic heterocycles. The topological polar surface area (TPSA) is 75.5 Å². The van der Waals surface area contributed by atoms with E-state index in [-0.39, 0.29) is 5.69 Å². The van der Waals surface area contributed by atoms with Gasteiger partial charge in [-0.1, -0.05) is 0 Å². The number of likely N-dealkylation sites (tertiary alicyclic amines) is 1. The molecule has 3 heterocycles. The Balaban J connectivity index is 1.64. The molecular formula is C14H17N3O3S2. The molecule has 0 bridgehead atoms. The smallest absolute Gasteiger partial charge is 0.355 e. The molecule has 2 aromatic heterocycles. The fraction of sp³-hybridized carbons (Fsp3) is 0.500. The molecule has 2 aromatic rings. The predicted molar refractivity (Wildman–Crippen MR) is 85.0 cm³/mol. The maximum Gasteiger partial charge on any atom is 0.355 e. The second kappa shape index (κ2) is 6.72. The van der Waals surface area contributed by atoms with Crippen LogP contribution in [-0.4, -0.2) is 45.5 Å². The third-order valence-electron chi connectivity index (χ3n) is 3.72. The fourth-order valence-corrected chi connectivity index (χ4v) is 4.31. The zero-order chi connectivity index (χ0) is 15.5. The summed E-state index contributed by atoms with van der Waals surface area (Å²) in [5, 5.41) is 11.5. The van der Waals surface area contributed by atoms with E-state index in [1.807, 2.05) is 6.07 Å². The van der Waals surface area contributed by atoms with E-state index in [1.54, 1.807) is 12.5 Å². The Morgan fingerprint density at radius 3 is 3.14 bits per heavy atom. The molecule has 0 aliphatic carbocycles. The van der Waals surface area contributed by atoms with Crippen LogP contribution in [-0.2, 0) is 6.54 Å². The lowest BCUT2D eigenvalue weighted by Crippen LogP contribution is -2.33. The zero-order valence-electron chi connectivity index (χ0n) is 12.2. The third-order valence-corrected chi connectivity index (χ3v) is 5.48. The SMILES string of the molecule is COc1cc(CN2CCCC(c3nc(C(=O)O)cs3)C2)sn1. The van der Waals surface area contributed by atoms with Crippen molar-refractivity contribution in [3.05, 3.63) is 27.0 Å². The van der Waals surface area contributed by atoms with Crippen molar-refractivity contribution < 1.29 is 14.6 Å². The molecule has 8 heteroatoms. The third kappa shape index (κ3) is 3.45. The van der Waals surface area contributed by atoms with Crippen molar-refractivity contribution >= 4 is 28.8 Å². The molecule has 1 aliphatic rings. The Kier molecular flexibility index (Phi) is 4.70. The molecular weight excluding hydrogens is 322 g/mol. The highest BCUT2D eigenvalue weighted by molar-refractivity contribution is 7.09. The molecule has 0 radical (unpaired) electrons. The number of piperidine rings is 1. The molecule has 1 unspecified atom stereocenters. The van der Waals surface area contributed by atoms with Gasteiger partial charge in [-0.25, -0.2) is 9.78 Å². The van der Waals surface area contributed by atoms with E-state index in [0.717, 1.165) is 37.5 Å². The molecule has 1 atom stereocenters. The molecule has 0 spiro atoms. The summed E-state index contributed by atoms with van der Waals surface area (Å²) < 4.78 is 9.33. The van der Waals surface area contributed by atoms with Gasteiger partial charge in [0, 0.05) is 35.3 Å². The monoisotopic (exact) mass is 339 g/mol. The van der Waals surface area contributed by atoms with E-state index in [0.29, 0.717) is 11.8 Å². The van der Waals surface area contributed by atoms with Crippen LogP contribution < -0.4 is 4.74 Å². The minimum Gasteiger partial charge on any atom is -0.480 e. The van der Waals surface area contributed by atoms with Crippen molar-refractivity contribution in [2.45, 2.75) is 25.3 Å². The van der Waals surface area contributed by atoms with Gasteiger partial charge in [-0.2, -0.15) is 4.37 Å². The van der Waals surface area contributed by atoms with E-state index >= 15 is 0 Å². The minimum atomic E-state index is -0.952. The summed E-state index contributed by atoms with van der Waals surface area (Å²) in [6, 6.07) is 1.97. The van der Waals surface area contributed by atoms with E-state index in [2.05, 4.69) is 14.3 Å². The standard InChI is InChI=1S/C14H17N3O3S2/c1-20-12-5-10(22-16-12)7-17-4-2-3-9(6-17)13-15-11(8-21-13)14(18)19/h5,8-9H,2-4,6-7H2,1H3,(H,18,19). The van der Waals surface area contributed by atoms with Gasteiger partial charge in [0.1, 0.15) is 0 Å². The molecule has 3 rings (SSSR count). The Bertz CT molecular complexity index is 655. The minimum absolute atomic E-state index is 0.157. The molecule has 1 saturated heterocycles. The van der Waals surface area contributed by atoms with Crippen LogP contribution >= 0.6 is 22.9 Å². The number of ether oxygens (including phenoxy) is 1. The largest absolute Gasteiger partial charge is 0.480 e. The highest BCUT2D eigenvalue weighted by atomic mass is 32.1. The van der Waals surface area contributed by atoms with Crippen LogP contribution in [0.25, 0.3) is 0 Å². The summed E-state index contributed by atoms with van der Waals surface area (Å²) in [5.74, 6) is 0.0353. The number of thiazole rings is 1. The van der Waals surface area contributed by atoms with Crippen LogP contribution in [0.15, 0.2) is 11.4 Å². The van der Waals surface area contributed by atoms with Gasteiger partial charge in [0.2, 0.25) is 5.88 Å². The Labute approximate surface area is 136 Å². The van der Waals surface area contributed by atoms with Crippen molar-refractivity contribution in [1.82, 2.24) is 14.3 Å². The zero-order valence-corrected chi connectivity index (χ0v) is 13.8. The highest BCUT2D eigenvalue weighted by Gasteiger charge is 2.25. The molecule has 118 valence electrons. The molecule has 1 fully saturated rings. The van der Waals surface area contributed by atoms with Gasteiger partial charge in [0.25, 0.3) is 0 Å². The first kappa shape index (κ1) is 15.4. The summed E-state index contributed by atoms with van der Waals surface area (Å²) in [6.07, 6.45) is 2.16. The maximum absolute atomic E-state index is 10.9. The summed E-state index contributed by atoms with van der Waals surface area (Å²) >= 11 is 2.92. The van der Waals surface area contributed by atoms with Gasteiger partial charge in [-0.05, 0) is 30.9 Å². The lowest BCUT2D eigenvalue weighted by atomic mass is 9.99. The van der Waals surface area contributed by atoms with E-state index in [9.17, 15) is 4.79 Å². The number of rotatable bonds is 5. The quantitative estimate of drug-likeness (QED) is 0.903. The van der Waals surface area contributed by atoms with Gasteiger partial charge in [0.15, 0.2) is 5.69 Å². The number of carboxylic acid groups (broad SMARTS) is 1. The van der Waals surface area contributed by atoms with Crippen LogP contribution in [0.2, 0.25) is 0 Å². The first-order valence-corrected chi connectivity index (χ1v) is 8.71. The van der Waals surface area contributed by atoms with Crippen LogP contribution in [0, 0.1) is 0 Å². The average Bonchev–Trinajstić information content (AvgIpc) is 3.16. The van der Waals surface area contributed by atoms with E-state index in [1.165, 1.54) is 27.7 Å². The van der Waals surface area contributed by atoms with Crippen LogP contribution in [0.5, 0.6) is 5.88 Å². The van der Waals surface area contributed by atoms with Crippen molar-refractivity contribution in [2.75, 3.05) is 20.2 Å².